The number of hydrogen-bond donors (Lipinski definition) is 1. The van der Waals surface area contributed by atoms with E-state index in [-0.39, 0.29) is 12.1 Å². The Labute approximate surface area is 80.9 Å². The van der Waals surface area contributed by atoms with E-state index in [1.165, 1.54) is 12.1 Å². The third-order valence-corrected chi connectivity index (χ3v) is 1.82. The van der Waals surface area contributed by atoms with Crippen LogP contribution in [0.25, 0.3) is 0 Å². The molecule has 0 spiro atoms. The van der Waals surface area contributed by atoms with Crippen molar-refractivity contribution < 1.29 is 4.92 Å². The summed E-state index contributed by atoms with van der Waals surface area (Å²) in [5.41, 5.74) is 6.24. The summed E-state index contributed by atoms with van der Waals surface area (Å²) >= 11 is 0. The molecule has 0 fully saturated rings. The smallest absolute Gasteiger partial charge is 0.269 e. The Balaban J connectivity index is 2.94. The Bertz CT molecular complexity index is 384. The van der Waals surface area contributed by atoms with Gasteiger partial charge in [-0.25, -0.2) is 0 Å². The van der Waals surface area contributed by atoms with E-state index in [9.17, 15) is 10.1 Å². The molecule has 0 saturated carbocycles. The standard InChI is InChI=1S/C9H9N3O2/c10-5-4-9(11)7-2-1-3-8(6-7)12(13)14/h1-3,6,9H,4,11H2. The molecular formula is C9H9N3O2. The Hall–Kier alpha value is -1.93. The minimum Gasteiger partial charge on any atom is -0.323 e. The van der Waals surface area contributed by atoms with Gasteiger partial charge in [0.2, 0.25) is 0 Å². The number of rotatable bonds is 3. The molecule has 0 heterocycles. The van der Waals surface area contributed by atoms with Crippen molar-refractivity contribution in [2.24, 2.45) is 5.73 Å². The maximum atomic E-state index is 10.4. The van der Waals surface area contributed by atoms with Crippen molar-refractivity contribution >= 4 is 5.69 Å². The highest BCUT2D eigenvalue weighted by Gasteiger charge is 2.10. The van der Waals surface area contributed by atoms with E-state index in [4.69, 9.17) is 11.0 Å². The minimum absolute atomic E-state index is 0.00381. The number of benzene rings is 1. The average molecular weight is 191 g/mol. The molecule has 0 aliphatic rings. The molecule has 5 nitrogen and oxygen atoms in total. The number of non-ortho nitro benzene ring substituents is 1. The fourth-order valence-corrected chi connectivity index (χ4v) is 1.09. The Kier molecular flexibility index (Phi) is 3.15. The summed E-state index contributed by atoms with van der Waals surface area (Å²) in [5, 5.41) is 18.8. The first-order chi connectivity index (χ1) is 6.65. The number of hydrogen-bond acceptors (Lipinski definition) is 4. The largest absolute Gasteiger partial charge is 0.323 e. The van der Waals surface area contributed by atoms with Crippen LogP contribution in [0.2, 0.25) is 0 Å². The molecule has 72 valence electrons. The lowest BCUT2D eigenvalue weighted by molar-refractivity contribution is -0.384. The highest BCUT2D eigenvalue weighted by atomic mass is 16.6. The molecule has 1 unspecified atom stereocenters. The second-order valence-electron chi connectivity index (χ2n) is 2.82. The molecular weight excluding hydrogens is 182 g/mol. The Morgan fingerprint density at radius 2 is 2.36 bits per heavy atom. The van der Waals surface area contributed by atoms with Gasteiger partial charge in [0.1, 0.15) is 0 Å². The van der Waals surface area contributed by atoms with Crippen LogP contribution in [-0.4, -0.2) is 4.92 Å². The van der Waals surface area contributed by atoms with Gasteiger partial charge in [0.15, 0.2) is 0 Å². The lowest BCUT2D eigenvalue weighted by Gasteiger charge is -2.06. The molecule has 1 aromatic carbocycles. The van der Waals surface area contributed by atoms with Gasteiger partial charge in [0.25, 0.3) is 5.69 Å². The van der Waals surface area contributed by atoms with E-state index >= 15 is 0 Å². The van der Waals surface area contributed by atoms with Gasteiger partial charge < -0.3 is 5.73 Å². The topological polar surface area (TPSA) is 93.0 Å². The summed E-state index contributed by atoms with van der Waals surface area (Å²) in [6.07, 6.45) is 0.154. The third-order valence-electron chi connectivity index (χ3n) is 1.82. The first-order valence-electron chi connectivity index (χ1n) is 4.02. The second-order valence-corrected chi connectivity index (χ2v) is 2.82. The third kappa shape index (κ3) is 2.28. The van der Waals surface area contributed by atoms with Crippen molar-refractivity contribution in [2.75, 3.05) is 0 Å². The predicted octanol–water partition coefficient (Wildman–Crippen LogP) is 1.51. The second kappa shape index (κ2) is 4.35. The maximum absolute atomic E-state index is 10.4. The highest BCUT2D eigenvalue weighted by Crippen LogP contribution is 2.19. The van der Waals surface area contributed by atoms with Gasteiger partial charge in [-0.05, 0) is 5.56 Å². The van der Waals surface area contributed by atoms with Gasteiger partial charge in [-0.3, -0.25) is 10.1 Å². The average Bonchev–Trinajstić information content (AvgIpc) is 2.18. The van der Waals surface area contributed by atoms with Crippen LogP contribution < -0.4 is 5.73 Å². The van der Waals surface area contributed by atoms with Gasteiger partial charge in [0.05, 0.1) is 17.4 Å². The van der Waals surface area contributed by atoms with E-state index in [0.29, 0.717) is 5.56 Å². The summed E-state index contributed by atoms with van der Waals surface area (Å²) < 4.78 is 0. The van der Waals surface area contributed by atoms with Gasteiger partial charge in [0, 0.05) is 18.2 Å². The minimum atomic E-state index is -0.484. The van der Waals surface area contributed by atoms with Gasteiger partial charge in [-0.2, -0.15) is 5.26 Å². The fraction of sp³-hybridized carbons (Fsp3) is 0.222. The highest BCUT2D eigenvalue weighted by molar-refractivity contribution is 5.35. The maximum Gasteiger partial charge on any atom is 0.269 e. The van der Waals surface area contributed by atoms with Crippen LogP contribution in [0.5, 0.6) is 0 Å². The van der Waals surface area contributed by atoms with Crippen molar-refractivity contribution in [3.05, 3.63) is 39.9 Å². The number of nitriles is 1. The van der Waals surface area contributed by atoms with Crippen LogP contribution in [-0.2, 0) is 0 Å². The van der Waals surface area contributed by atoms with Crippen LogP contribution in [0.4, 0.5) is 5.69 Å². The number of nitrogens with zero attached hydrogens (tertiary/aromatic N) is 2. The molecule has 1 atom stereocenters. The van der Waals surface area contributed by atoms with Crippen LogP contribution in [0.15, 0.2) is 24.3 Å². The molecule has 0 radical (unpaired) electrons. The van der Waals surface area contributed by atoms with Crippen molar-refractivity contribution in [1.29, 1.82) is 5.26 Å². The van der Waals surface area contributed by atoms with Crippen molar-refractivity contribution in [1.82, 2.24) is 0 Å². The van der Waals surface area contributed by atoms with E-state index in [2.05, 4.69) is 0 Å². The summed E-state index contributed by atoms with van der Waals surface area (Å²) in [6.45, 7) is 0. The SMILES string of the molecule is N#CCC(N)c1cccc([N+](=O)[O-])c1. The summed E-state index contributed by atoms with van der Waals surface area (Å²) in [5.74, 6) is 0. The van der Waals surface area contributed by atoms with E-state index in [1.807, 2.05) is 6.07 Å². The number of nitro benzene ring substituents is 1. The first-order valence-corrected chi connectivity index (χ1v) is 4.02. The number of nitro groups is 1. The summed E-state index contributed by atoms with van der Waals surface area (Å²) in [6, 6.07) is 7.48. The normalized spacial score (nSPS) is 11.7. The quantitative estimate of drug-likeness (QED) is 0.578. The molecule has 0 amide bonds. The monoisotopic (exact) mass is 191 g/mol. The van der Waals surface area contributed by atoms with Crippen molar-refractivity contribution in [3.63, 3.8) is 0 Å². The van der Waals surface area contributed by atoms with E-state index in [1.54, 1.807) is 12.1 Å². The van der Waals surface area contributed by atoms with Crippen molar-refractivity contribution in [3.8, 4) is 6.07 Å². The Morgan fingerprint density at radius 3 is 2.93 bits per heavy atom. The Morgan fingerprint density at radius 1 is 1.64 bits per heavy atom. The van der Waals surface area contributed by atoms with Crippen LogP contribution >= 0.6 is 0 Å². The van der Waals surface area contributed by atoms with Crippen LogP contribution in [0.1, 0.15) is 18.0 Å². The van der Waals surface area contributed by atoms with Crippen molar-refractivity contribution in [2.45, 2.75) is 12.5 Å². The van der Waals surface area contributed by atoms with Crippen LogP contribution in [0, 0.1) is 21.4 Å². The van der Waals surface area contributed by atoms with E-state index in [0.717, 1.165) is 0 Å². The molecule has 2 N–H and O–H groups in total. The fourth-order valence-electron chi connectivity index (χ4n) is 1.09. The van der Waals surface area contributed by atoms with Crippen LogP contribution in [0.3, 0.4) is 0 Å². The molecule has 0 bridgehead atoms. The summed E-state index contributed by atoms with van der Waals surface area (Å²) in [4.78, 5) is 9.95. The molecule has 14 heavy (non-hydrogen) atoms. The zero-order valence-electron chi connectivity index (χ0n) is 7.38. The van der Waals surface area contributed by atoms with E-state index < -0.39 is 11.0 Å². The molecule has 5 heteroatoms. The number of nitrogens with two attached hydrogens (primary N) is 1. The lowest BCUT2D eigenvalue weighted by Crippen LogP contribution is -2.09. The van der Waals surface area contributed by atoms with Gasteiger partial charge in [-0.15, -0.1) is 0 Å². The molecule has 1 rings (SSSR count). The van der Waals surface area contributed by atoms with Gasteiger partial charge >= 0.3 is 0 Å². The van der Waals surface area contributed by atoms with Gasteiger partial charge in [-0.1, -0.05) is 12.1 Å². The molecule has 0 aromatic heterocycles. The molecule has 1 aromatic rings. The zero-order chi connectivity index (χ0) is 10.6. The lowest BCUT2D eigenvalue weighted by atomic mass is 10.1. The molecule has 0 aliphatic heterocycles. The predicted molar refractivity (Wildman–Crippen MR) is 50.3 cm³/mol. The zero-order valence-corrected chi connectivity index (χ0v) is 7.38. The summed E-state index contributed by atoms with van der Waals surface area (Å²) in [7, 11) is 0. The molecule has 0 saturated heterocycles. The molecule has 0 aliphatic carbocycles. The first kappa shape index (κ1) is 10.2.